The Kier molecular flexibility index (Phi) is 5.67. The molecule has 0 radical (unpaired) electrons. The maximum absolute atomic E-state index is 12.6. The van der Waals surface area contributed by atoms with Crippen molar-refractivity contribution in [2.24, 2.45) is 0 Å². The minimum Gasteiger partial charge on any atom is -0.415 e. The lowest BCUT2D eigenvalue weighted by molar-refractivity contribution is 0.116. The van der Waals surface area contributed by atoms with E-state index in [-0.39, 0.29) is 23.1 Å². The first kappa shape index (κ1) is 18.8. The van der Waals surface area contributed by atoms with Crippen molar-refractivity contribution in [1.29, 1.82) is 0 Å². The van der Waals surface area contributed by atoms with Crippen LogP contribution in [-0.4, -0.2) is 14.8 Å². The van der Waals surface area contributed by atoms with Gasteiger partial charge in [0.1, 0.15) is 0 Å². The number of alkyl halides is 2. The molecule has 8 heteroatoms. The number of benzene rings is 1. The van der Waals surface area contributed by atoms with Gasteiger partial charge < -0.3 is 8.98 Å². The Morgan fingerprint density at radius 3 is 2.70 bits per heavy atom. The molecule has 2 heterocycles. The SMILES string of the molecule is CCC(C#Cc1cccc(Cl)c1)n1ccc(-c2nnc(C(F)F)o2)cc1=O. The van der Waals surface area contributed by atoms with Crippen LogP contribution in [0.2, 0.25) is 5.02 Å². The number of rotatable bonds is 4. The largest absolute Gasteiger partial charge is 0.415 e. The van der Waals surface area contributed by atoms with Gasteiger partial charge >= 0.3 is 6.43 Å². The molecule has 0 aliphatic rings. The van der Waals surface area contributed by atoms with Crippen molar-refractivity contribution in [3.63, 3.8) is 0 Å². The first-order valence-corrected chi connectivity index (χ1v) is 8.47. The van der Waals surface area contributed by atoms with Crippen molar-refractivity contribution in [2.45, 2.75) is 25.8 Å². The van der Waals surface area contributed by atoms with Gasteiger partial charge in [-0.25, -0.2) is 0 Å². The van der Waals surface area contributed by atoms with Crippen molar-refractivity contribution in [3.05, 3.63) is 69.4 Å². The van der Waals surface area contributed by atoms with Crippen LogP contribution in [0.1, 0.15) is 37.3 Å². The molecule has 0 bridgehead atoms. The molecule has 138 valence electrons. The van der Waals surface area contributed by atoms with Crippen molar-refractivity contribution < 1.29 is 13.2 Å². The van der Waals surface area contributed by atoms with E-state index in [0.29, 0.717) is 11.4 Å². The third kappa shape index (κ3) is 4.41. The molecule has 0 spiro atoms. The Morgan fingerprint density at radius 1 is 1.26 bits per heavy atom. The van der Waals surface area contributed by atoms with Gasteiger partial charge in [-0.05, 0) is 30.7 Å². The average Bonchev–Trinajstić information content (AvgIpc) is 3.14. The average molecular weight is 390 g/mol. The summed E-state index contributed by atoms with van der Waals surface area (Å²) in [6, 6.07) is 9.57. The third-order valence-corrected chi connectivity index (χ3v) is 3.99. The van der Waals surface area contributed by atoms with Crippen LogP contribution in [0.5, 0.6) is 0 Å². The Balaban J connectivity index is 1.88. The van der Waals surface area contributed by atoms with Crippen molar-refractivity contribution in [1.82, 2.24) is 14.8 Å². The standard InChI is InChI=1S/C19H14ClF2N3O2/c1-2-15(7-6-12-4-3-5-14(20)10-12)25-9-8-13(11-16(25)26)18-23-24-19(27-18)17(21)22/h3-5,8-11,15,17H,2H2,1H3. The topological polar surface area (TPSA) is 60.9 Å². The van der Waals surface area contributed by atoms with Gasteiger partial charge in [0.15, 0.2) is 0 Å². The summed E-state index contributed by atoms with van der Waals surface area (Å²) in [6.07, 6.45) is -0.731. The van der Waals surface area contributed by atoms with Crippen LogP contribution in [0.4, 0.5) is 8.78 Å². The molecule has 0 N–H and O–H groups in total. The highest BCUT2D eigenvalue weighted by Crippen LogP contribution is 2.22. The number of hydrogen-bond acceptors (Lipinski definition) is 4. The fourth-order valence-corrected chi connectivity index (χ4v) is 2.61. The molecule has 27 heavy (non-hydrogen) atoms. The summed E-state index contributed by atoms with van der Waals surface area (Å²) in [5.74, 6) is 5.14. The lowest BCUT2D eigenvalue weighted by Crippen LogP contribution is -2.22. The van der Waals surface area contributed by atoms with Crippen LogP contribution in [0.15, 0.2) is 51.8 Å². The van der Waals surface area contributed by atoms with Gasteiger partial charge in [-0.2, -0.15) is 8.78 Å². The number of aromatic nitrogens is 3. The van der Waals surface area contributed by atoms with Gasteiger partial charge in [-0.1, -0.05) is 36.4 Å². The molecule has 1 aromatic carbocycles. The van der Waals surface area contributed by atoms with E-state index in [9.17, 15) is 13.6 Å². The van der Waals surface area contributed by atoms with Crippen LogP contribution in [0, 0.1) is 11.8 Å². The minimum absolute atomic E-state index is 0.132. The number of hydrogen-bond donors (Lipinski definition) is 0. The predicted octanol–water partition coefficient (Wildman–Crippen LogP) is 4.49. The summed E-state index contributed by atoms with van der Waals surface area (Å²) >= 11 is 5.94. The highest BCUT2D eigenvalue weighted by Gasteiger charge is 2.18. The monoisotopic (exact) mass is 389 g/mol. The Morgan fingerprint density at radius 2 is 2.07 bits per heavy atom. The second-order valence-corrected chi connectivity index (χ2v) is 6.05. The van der Waals surface area contributed by atoms with E-state index in [1.165, 1.54) is 16.8 Å². The van der Waals surface area contributed by atoms with Gasteiger partial charge in [-0.3, -0.25) is 4.79 Å². The molecular weight excluding hydrogens is 376 g/mol. The summed E-state index contributed by atoms with van der Waals surface area (Å²) in [7, 11) is 0. The van der Waals surface area contributed by atoms with Crippen LogP contribution < -0.4 is 5.56 Å². The summed E-state index contributed by atoms with van der Waals surface area (Å²) in [6.45, 7) is 1.91. The van der Waals surface area contributed by atoms with Gasteiger partial charge in [0, 0.05) is 28.4 Å². The molecular formula is C19H14ClF2N3O2. The van der Waals surface area contributed by atoms with Crippen molar-refractivity contribution in [2.75, 3.05) is 0 Å². The van der Waals surface area contributed by atoms with E-state index in [4.69, 9.17) is 16.0 Å². The maximum atomic E-state index is 12.6. The number of pyridine rings is 1. The van der Waals surface area contributed by atoms with Crippen LogP contribution in [0.25, 0.3) is 11.5 Å². The molecule has 0 amide bonds. The Hall–Kier alpha value is -2.98. The first-order valence-electron chi connectivity index (χ1n) is 8.09. The zero-order chi connectivity index (χ0) is 19.4. The van der Waals surface area contributed by atoms with Crippen molar-refractivity contribution >= 4 is 11.6 Å². The predicted molar refractivity (Wildman–Crippen MR) is 96.6 cm³/mol. The molecule has 1 unspecified atom stereocenters. The second kappa shape index (κ2) is 8.14. The Labute approximate surface area is 158 Å². The third-order valence-electron chi connectivity index (χ3n) is 3.75. The summed E-state index contributed by atoms with van der Waals surface area (Å²) in [5, 5.41) is 7.38. The van der Waals surface area contributed by atoms with E-state index >= 15 is 0 Å². The molecule has 0 aliphatic heterocycles. The molecule has 1 atom stereocenters. The van der Waals surface area contributed by atoms with Crippen molar-refractivity contribution in [3.8, 4) is 23.3 Å². The quantitative estimate of drug-likeness (QED) is 0.617. The van der Waals surface area contributed by atoms with Gasteiger partial charge in [-0.15, -0.1) is 10.2 Å². The fourth-order valence-electron chi connectivity index (χ4n) is 2.42. The molecule has 0 fully saturated rings. The molecule has 2 aromatic heterocycles. The molecule has 0 saturated heterocycles. The zero-order valence-corrected chi connectivity index (χ0v) is 15.0. The molecule has 0 saturated carbocycles. The van der Waals surface area contributed by atoms with E-state index in [1.54, 1.807) is 24.3 Å². The van der Waals surface area contributed by atoms with E-state index in [1.807, 2.05) is 13.0 Å². The highest BCUT2D eigenvalue weighted by atomic mass is 35.5. The van der Waals surface area contributed by atoms with E-state index < -0.39 is 12.3 Å². The minimum atomic E-state index is -2.86. The lowest BCUT2D eigenvalue weighted by atomic mass is 10.1. The normalized spacial score (nSPS) is 11.9. The summed E-state index contributed by atoms with van der Waals surface area (Å²) < 4.78 is 31.4. The van der Waals surface area contributed by atoms with E-state index in [2.05, 4.69) is 22.0 Å². The zero-order valence-electron chi connectivity index (χ0n) is 14.2. The first-order chi connectivity index (χ1) is 13.0. The van der Waals surface area contributed by atoms with Gasteiger partial charge in [0.2, 0.25) is 5.89 Å². The lowest BCUT2D eigenvalue weighted by Gasteiger charge is -2.12. The smallest absolute Gasteiger partial charge is 0.314 e. The highest BCUT2D eigenvalue weighted by molar-refractivity contribution is 6.30. The molecule has 3 rings (SSSR count). The molecule has 5 nitrogen and oxygen atoms in total. The summed E-state index contributed by atoms with van der Waals surface area (Å²) in [4.78, 5) is 12.5. The molecule has 3 aromatic rings. The molecule has 0 aliphatic carbocycles. The Bertz CT molecular complexity index is 1070. The maximum Gasteiger partial charge on any atom is 0.314 e. The van der Waals surface area contributed by atoms with Crippen LogP contribution in [0.3, 0.4) is 0 Å². The number of halogens is 3. The van der Waals surface area contributed by atoms with Gasteiger partial charge in [0.05, 0.1) is 6.04 Å². The van der Waals surface area contributed by atoms with Gasteiger partial charge in [0.25, 0.3) is 11.4 Å². The van der Waals surface area contributed by atoms with Crippen LogP contribution in [-0.2, 0) is 0 Å². The summed E-state index contributed by atoms with van der Waals surface area (Å²) in [5.41, 5.74) is 0.667. The fraction of sp³-hybridized carbons (Fsp3) is 0.211. The second-order valence-electron chi connectivity index (χ2n) is 5.61. The van der Waals surface area contributed by atoms with E-state index in [0.717, 1.165) is 5.56 Å². The number of nitrogens with zero attached hydrogens (tertiary/aromatic N) is 3. The van der Waals surface area contributed by atoms with Crippen LogP contribution >= 0.6 is 11.6 Å².